The molecule has 0 aliphatic carbocycles. The highest BCUT2D eigenvalue weighted by Gasteiger charge is 2.19. The third-order valence-corrected chi connectivity index (χ3v) is 2.74. The number of aromatic nitrogens is 3. The topological polar surface area (TPSA) is 42.7 Å². The fraction of sp³-hybridized carbons (Fsp3) is 0.385. The molecule has 2 aromatic heterocycles. The summed E-state index contributed by atoms with van der Waals surface area (Å²) < 4.78 is 15.5. The van der Waals surface area contributed by atoms with Crippen LogP contribution in [0.5, 0.6) is 0 Å². The number of nitrogens with one attached hydrogen (secondary N) is 1. The molecule has 0 saturated carbocycles. The highest BCUT2D eigenvalue weighted by molar-refractivity contribution is 5.26. The molecule has 0 saturated heterocycles. The second kappa shape index (κ2) is 5.73. The van der Waals surface area contributed by atoms with E-state index in [0.29, 0.717) is 5.56 Å². The number of hydrogen-bond donors (Lipinski definition) is 1. The van der Waals surface area contributed by atoms with Gasteiger partial charge in [0.15, 0.2) is 0 Å². The van der Waals surface area contributed by atoms with Crippen LogP contribution in [0.4, 0.5) is 4.39 Å². The van der Waals surface area contributed by atoms with Crippen LogP contribution in [0.25, 0.3) is 0 Å². The summed E-state index contributed by atoms with van der Waals surface area (Å²) in [7, 11) is 1.85. The van der Waals surface area contributed by atoms with Gasteiger partial charge in [0.1, 0.15) is 5.82 Å². The molecule has 0 aromatic carbocycles. The lowest BCUT2D eigenvalue weighted by Crippen LogP contribution is -2.24. The molecule has 4 nitrogen and oxygen atoms in total. The molecular weight excluding hydrogens is 231 g/mol. The summed E-state index contributed by atoms with van der Waals surface area (Å²) in [5.41, 5.74) is 1.40. The third kappa shape index (κ3) is 2.73. The maximum Gasteiger partial charge on any atom is 0.146 e. The van der Waals surface area contributed by atoms with Gasteiger partial charge in [0.25, 0.3) is 0 Å². The lowest BCUT2D eigenvalue weighted by Gasteiger charge is -2.17. The lowest BCUT2D eigenvalue weighted by molar-refractivity contribution is 0.531. The molecule has 0 radical (unpaired) electrons. The fourth-order valence-electron chi connectivity index (χ4n) is 1.87. The van der Waals surface area contributed by atoms with Gasteiger partial charge in [-0.25, -0.2) is 4.39 Å². The first-order valence-corrected chi connectivity index (χ1v) is 6.04. The van der Waals surface area contributed by atoms with Crippen molar-refractivity contribution in [3.8, 4) is 0 Å². The van der Waals surface area contributed by atoms with Crippen molar-refractivity contribution in [3.63, 3.8) is 0 Å². The number of aryl methyl sites for hydroxylation is 1. The summed E-state index contributed by atoms with van der Waals surface area (Å²) >= 11 is 0. The van der Waals surface area contributed by atoms with Crippen LogP contribution in [0.3, 0.4) is 0 Å². The van der Waals surface area contributed by atoms with Crippen molar-refractivity contribution in [2.75, 3.05) is 6.54 Å². The van der Waals surface area contributed by atoms with E-state index in [4.69, 9.17) is 0 Å². The van der Waals surface area contributed by atoms with E-state index < -0.39 is 0 Å². The highest BCUT2D eigenvalue weighted by atomic mass is 19.1. The summed E-state index contributed by atoms with van der Waals surface area (Å²) in [6.45, 7) is 2.88. The predicted octanol–water partition coefficient (Wildman–Crippen LogP) is 2.04. The third-order valence-electron chi connectivity index (χ3n) is 2.74. The van der Waals surface area contributed by atoms with Crippen LogP contribution in [0.1, 0.15) is 30.6 Å². The number of rotatable bonds is 5. The van der Waals surface area contributed by atoms with E-state index in [1.54, 1.807) is 16.9 Å². The first kappa shape index (κ1) is 12.7. The predicted molar refractivity (Wildman–Crippen MR) is 67.5 cm³/mol. The number of pyridine rings is 1. The van der Waals surface area contributed by atoms with Crippen LogP contribution in [-0.4, -0.2) is 21.3 Å². The molecule has 0 fully saturated rings. The molecule has 2 aromatic rings. The van der Waals surface area contributed by atoms with Crippen LogP contribution in [0.2, 0.25) is 0 Å². The fourth-order valence-corrected chi connectivity index (χ4v) is 1.87. The Bertz CT molecular complexity index is 509. The minimum atomic E-state index is -0.309. The van der Waals surface area contributed by atoms with Crippen molar-refractivity contribution < 1.29 is 4.39 Å². The van der Waals surface area contributed by atoms with Gasteiger partial charge < -0.3 is 5.32 Å². The maximum atomic E-state index is 13.8. The maximum absolute atomic E-state index is 13.8. The van der Waals surface area contributed by atoms with Gasteiger partial charge in [-0.15, -0.1) is 0 Å². The second-order valence-electron chi connectivity index (χ2n) is 4.20. The zero-order valence-electron chi connectivity index (χ0n) is 10.6. The van der Waals surface area contributed by atoms with Crippen LogP contribution < -0.4 is 5.32 Å². The molecular formula is C13H17FN4. The molecule has 96 valence electrons. The normalized spacial score (nSPS) is 12.6. The van der Waals surface area contributed by atoms with E-state index in [1.807, 2.05) is 19.3 Å². The smallest absolute Gasteiger partial charge is 0.146 e. The molecule has 0 aliphatic heterocycles. The summed E-state index contributed by atoms with van der Waals surface area (Å²) in [4.78, 5) is 3.78. The van der Waals surface area contributed by atoms with Gasteiger partial charge in [-0.05, 0) is 25.1 Å². The Morgan fingerprint density at radius 3 is 2.89 bits per heavy atom. The summed E-state index contributed by atoms with van der Waals surface area (Å²) in [6, 6.07) is 3.36. The Morgan fingerprint density at radius 2 is 2.28 bits per heavy atom. The molecule has 5 heteroatoms. The van der Waals surface area contributed by atoms with Gasteiger partial charge in [0.2, 0.25) is 0 Å². The van der Waals surface area contributed by atoms with Crippen molar-refractivity contribution in [2.45, 2.75) is 19.4 Å². The van der Waals surface area contributed by atoms with Crippen LogP contribution in [0.15, 0.2) is 30.7 Å². The zero-order valence-corrected chi connectivity index (χ0v) is 10.6. The molecule has 1 N–H and O–H groups in total. The van der Waals surface area contributed by atoms with Gasteiger partial charge in [0.05, 0.1) is 17.9 Å². The van der Waals surface area contributed by atoms with E-state index in [9.17, 15) is 4.39 Å². The average molecular weight is 248 g/mol. The van der Waals surface area contributed by atoms with E-state index >= 15 is 0 Å². The molecule has 18 heavy (non-hydrogen) atoms. The molecule has 0 amide bonds. The van der Waals surface area contributed by atoms with E-state index in [1.165, 1.54) is 6.20 Å². The largest absolute Gasteiger partial charge is 0.305 e. The first-order chi connectivity index (χ1) is 8.72. The van der Waals surface area contributed by atoms with E-state index in [2.05, 4.69) is 22.3 Å². The molecule has 0 bridgehead atoms. The number of hydrogen-bond acceptors (Lipinski definition) is 3. The monoisotopic (exact) mass is 248 g/mol. The van der Waals surface area contributed by atoms with Crippen LogP contribution in [0, 0.1) is 5.82 Å². The van der Waals surface area contributed by atoms with Gasteiger partial charge in [-0.3, -0.25) is 9.67 Å². The van der Waals surface area contributed by atoms with Gasteiger partial charge in [0, 0.05) is 25.0 Å². The van der Waals surface area contributed by atoms with E-state index in [0.717, 1.165) is 18.7 Å². The van der Waals surface area contributed by atoms with Crippen molar-refractivity contribution in [1.29, 1.82) is 0 Å². The van der Waals surface area contributed by atoms with Crippen LogP contribution >= 0.6 is 0 Å². The van der Waals surface area contributed by atoms with E-state index in [-0.39, 0.29) is 11.9 Å². The number of nitrogens with zero attached hydrogens (tertiary/aromatic N) is 3. The molecule has 1 atom stereocenters. The van der Waals surface area contributed by atoms with Crippen molar-refractivity contribution in [1.82, 2.24) is 20.1 Å². The van der Waals surface area contributed by atoms with Gasteiger partial charge >= 0.3 is 0 Å². The van der Waals surface area contributed by atoms with Crippen molar-refractivity contribution in [3.05, 3.63) is 47.8 Å². The molecule has 1 unspecified atom stereocenters. The molecule has 0 spiro atoms. The summed E-state index contributed by atoms with van der Waals surface area (Å²) in [6.07, 6.45) is 5.67. The minimum Gasteiger partial charge on any atom is -0.305 e. The lowest BCUT2D eigenvalue weighted by atomic mass is 10.0. The Kier molecular flexibility index (Phi) is 4.04. The SMILES string of the molecule is CCCNC(c1ccn(C)n1)c1ccncc1F. The standard InChI is InChI=1S/C13H17FN4/c1-3-6-16-13(12-5-8-18(2)17-12)10-4-7-15-9-11(10)14/h4-5,7-9,13,16H,3,6H2,1-2H3. The molecule has 0 aliphatic rings. The van der Waals surface area contributed by atoms with Crippen LogP contribution in [-0.2, 0) is 7.05 Å². The zero-order chi connectivity index (χ0) is 13.0. The average Bonchev–Trinajstić information content (AvgIpc) is 2.78. The Labute approximate surface area is 106 Å². The highest BCUT2D eigenvalue weighted by Crippen LogP contribution is 2.22. The summed E-state index contributed by atoms with van der Waals surface area (Å²) in [5.74, 6) is -0.309. The molecule has 2 heterocycles. The van der Waals surface area contributed by atoms with Gasteiger partial charge in [-0.1, -0.05) is 6.92 Å². The van der Waals surface area contributed by atoms with Crippen molar-refractivity contribution >= 4 is 0 Å². The quantitative estimate of drug-likeness (QED) is 0.880. The first-order valence-electron chi connectivity index (χ1n) is 6.04. The molecule has 2 rings (SSSR count). The minimum absolute atomic E-state index is 0.228. The number of halogens is 1. The Hall–Kier alpha value is -1.75. The van der Waals surface area contributed by atoms with Crippen molar-refractivity contribution in [2.24, 2.45) is 7.05 Å². The second-order valence-corrected chi connectivity index (χ2v) is 4.20. The Morgan fingerprint density at radius 1 is 1.44 bits per heavy atom. The summed E-state index contributed by atoms with van der Waals surface area (Å²) in [5, 5.41) is 7.66. The Balaban J connectivity index is 2.33. The van der Waals surface area contributed by atoms with Gasteiger partial charge in [-0.2, -0.15) is 5.10 Å².